The van der Waals surface area contributed by atoms with Crippen LogP contribution in [0.4, 0.5) is 5.13 Å². The Kier molecular flexibility index (Phi) is 3.95. The SMILES string of the molecule is O=C(Nc1nc2c(s1)CCCCCC2)C1CC12CCNCC2. The second kappa shape index (κ2) is 5.93. The Hall–Kier alpha value is -0.940. The van der Waals surface area contributed by atoms with Crippen LogP contribution in [-0.4, -0.2) is 24.0 Å². The number of nitrogens with one attached hydrogen (secondary N) is 2. The molecule has 4 nitrogen and oxygen atoms in total. The summed E-state index contributed by atoms with van der Waals surface area (Å²) in [5.74, 6) is 0.435. The number of piperidine rings is 1. The van der Waals surface area contributed by atoms with Crippen molar-refractivity contribution in [1.29, 1.82) is 0 Å². The second-order valence-electron chi connectivity index (χ2n) is 7.16. The fourth-order valence-electron chi connectivity index (χ4n) is 4.15. The highest BCUT2D eigenvalue weighted by Gasteiger charge is 2.57. The first-order chi connectivity index (χ1) is 10.8. The lowest BCUT2D eigenvalue weighted by atomic mass is 9.92. The van der Waals surface area contributed by atoms with E-state index in [1.165, 1.54) is 36.3 Å². The summed E-state index contributed by atoms with van der Waals surface area (Å²) in [5, 5.41) is 7.35. The summed E-state index contributed by atoms with van der Waals surface area (Å²) < 4.78 is 0. The summed E-state index contributed by atoms with van der Waals surface area (Å²) in [6.45, 7) is 2.13. The predicted octanol–water partition coefficient (Wildman–Crippen LogP) is 3.13. The molecule has 1 unspecified atom stereocenters. The number of anilines is 1. The van der Waals surface area contributed by atoms with Gasteiger partial charge in [-0.1, -0.05) is 12.8 Å². The number of hydrogen-bond donors (Lipinski definition) is 2. The van der Waals surface area contributed by atoms with Crippen molar-refractivity contribution in [1.82, 2.24) is 10.3 Å². The van der Waals surface area contributed by atoms with Crippen LogP contribution >= 0.6 is 11.3 Å². The van der Waals surface area contributed by atoms with E-state index < -0.39 is 0 Å². The number of nitrogens with zero attached hydrogens (tertiary/aromatic N) is 1. The maximum Gasteiger partial charge on any atom is 0.229 e. The summed E-state index contributed by atoms with van der Waals surface area (Å²) in [7, 11) is 0. The first kappa shape index (κ1) is 14.6. The van der Waals surface area contributed by atoms with Gasteiger partial charge in [0.25, 0.3) is 0 Å². The molecule has 1 atom stereocenters. The number of fused-ring (bicyclic) bond motifs is 1. The molecule has 0 bridgehead atoms. The topological polar surface area (TPSA) is 54.0 Å². The Morgan fingerprint density at radius 1 is 1.18 bits per heavy atom. The molecular formula is C17H25N3OS. The smallest absolute Gasteiger partial charge is 0.229 e. The fourth-order valence-corrected chi connectivity index (χ4v) is 5.20. The number of hydrogen-bond acceptors (Lipinski definition) is 4. The van der Waals surface area contributed by atoms with Crippen molar-refractivity contribution in [2.75, 3.05) is 18.4 Å². The number of aromatic nitrogens is 1. The van der Waals surface area contributed by atoms with E-state index in [-0.39, 0.29) is 11.8 Å². The van der Waals surface area contributed by atoms with Gasteiger partial charge in [-0.25, -0.2) is 4.98 Å². The molecule has 1 saturated heterocycles. The summed E-state index contributed by atoms with van der Waals surface area (Å²) >= 11 is 1.71. The molecule has 4 rings (SSSR count). The molecule has 1 spiro atoms. The van der Waals surface area contributed by atoms with Crippen molar-refractivity contribution in [2.24, 2.45) is 11.3 Å². The average molecular weight is 319 g/mol. The van der Waals surface area contributed by atoms with Gasteiger partial charge in [0.05, 0.1) is 5.69 Å². The lowest BCUT2D eigenvalue weighted by molar-refractivity contribution is -0.118. The van der Waals surface area contributed by atoms with Gasteiger partial charge in [-0.2, -0.15) is 0 Å². The zero-order valence-corrected chi connectivity index (χ0v) is 13.9. The Bertz CT molecular complexity index is 537. The number of rotatable bonds is 2. The van der Waals surface area contributed by atoms with Gasteiger partial charge in [0, 0.05) is 10.8 Å². The van der Waals surface area contributed by atoms with Crippen molar-refractivity contribution >= 4 is 22.4 Å². The highest BCUT2D eigenvalue weighted by Crippen LogP contribution is 2.58. The van der Waals surface area contributed by atoms with Crippen LogP contribution in [0.15, 0.2) is 0 Å². The van der Waals surface area contributed by atoms with E-state index in [1.807, 2.05) is 0 Å². The molecule has 2 fully saturated rings. The van der Waals surface area contributed by atoms with Gasteiger partial charge in [0.15, 0.2) is 5.13 Å². The molecule has 1 aliphatic heterocycles. The fraction of sp³-hybridized carbons (Fsp3) is 0.765. The maximum absolute atomic E-state index is 12.5. The van der Waals surface area contributed by atoms with Crippen molar-refractivity contribution in [3.63, 3.8) is 0 Å². The summed E-state index contributed by atoms with van der Waals surface area (Å²) in [6.07, 6.45) is 10.8. The van der Waals surface area contributed by atoms with Gasteiger partial charge in [0.2, 0.25) is 5.91 Å². The molecule has 2 N–H and O–H groups in total. The van der Waals surface area contributed by atoms with Gasteiger partial charge in [-0.15, -0.1) is 11.3 Å². The van der Waals surface area contributed by atoms with Gasteiger partial charge >= 0.3 is 0 Å². The number of carbonyl (C=O) groups excluding carboxylic acids is 1. The monoisotopic (exact) mass is 319 g/mol. The van der Waals surface area contributed by atoms with Crippen LogP contribution in [-0.2, 0) is 17.6 Å². The molecule has 120 valence electrons. The van der Waals surface area contributed by atoms with Crippen LogP contribution in [0.1, 0.15) is 55.5 Å². The summed E-state index contributed by atoms with van der Waals surface area (Å²) in [5.41, 5.74) is 1.55. The molecule has 2 aliphatic carbocycles. The van der Waals surface area contributed by atoms with E-state index in [9.17, 15) is 4.79 Å². The lowest BCUT2D eigenvalue weighted by Crippen LogP contribution is -2.31. The van der Waals surface area contributed by atoms with Gasteiger partial charge in [-0.3, -0.25) is 4.79 Å². The summed E-state index contributed by atoms with van der Waals surface area (Å²) in [4.78, 5) is 18.6. The van der Waals surface area contributed by atoms with Crippen LogP contribution in [0.5, 0.6) is 0 Å². The first-order valence-corrected chi connectivity index (χ1v) is 9.59. The minimum Gasteiger partial charge on any atom is -0.317 e. The molecule has 22 heavy (non-hydrogen) atoms. The average Bonchev–Trinajstić information content (AvgIpc) is 3.06. The van der Waals surface area contributed by atoms with E-state index >= 15 is 0 Å². The Labute approximate surface area is 136 Å². The highest BCUT2D eigenvalue weighted by molar-refractivity contribution is 7.15. The standard InChI is InChI=1S/C17H25N3OS/c21-15(12-11-17(12)7-9-18-10-8-17)20-16-19-13-5-3-1-2-4-6-14(13)22-16/h12,18H,1-11H2,(H,19,20,21). The molecular weight excluding hydrogens is 294 g/mol. The quantitative estimate of drug-likeness (QED) is 0.880. The maximum atomic E-state index is 12.5. The van der Waals surface area contributed by atoms with Crippen LogP contribution < -0.4 is 10.6 Å². The van der Waals surface area contributed by atoms with Crippen LogP contribution in [0.2, 0.25) is 0 Å². The Morgan fingerprint density at radius 3 is 2.77 bits per heavy atom. The molecule has 1 saturated carbocycles. The minimum absolute atomic E-state index is 0.212. The van der Waals surface area contributed by atoms with E-state index in [1.54, 1.807) is 11.3 Å². The van der Waals surface area contributed by atoms with Crippen LogP contribution in [0.3, 0.4) is 0 Å². The largest absolute Gasteiger partial charge is 0.317 e. The molecule has 1 amide bonds. The predicted molar refractivity (Wildman–Crippen MR) is 89.3 cm³/mol. The van der Waals surface area contributed by atoms with Crippen molar-refractivity contribution in [3.8, 4) is 0 Å². The highest BCUT2D eigenvalue weighted by atomic mass is 32.1. The Morgan fingerprint density at radius 2 is 1.95 bits per heavy atom. The van der Waals surface area contributed by atoms with Crippen molar-refractivity contribution < 1.29 is 4.79 Å². The number of aryl methyl sites for hydroxylation is 2. The molecule has 3 aliphatic rings. The second-order valence-corrected chi connectivity index (χ2v) is 8.25. The van der Waals surface area contributed by atoms with Crippen LogP contribution in [0.25, 0.3) is 0 Å². The number of carbonyl (C=O) groups is 1. The minimum atomic E-state index is 0.212. The van der Waals surface area contributed by atoms with E-state index in [2.05, 4.69) is 10.6 Å². The molecule has 1 aromatic rings. The third kappa shape index (κ3) is 2.81. The van der Waals surface area contributed by atoms with E-state index in [0.29, 0.717) is 5.41 Å². The summed E-state index contributed by atoms with van der Waals surface area (Å²) in [6, 6.07) is 0. The van der Waals surface area contributed by atoms with E-state index in [0.717, 1.165) is 50.3 Å². The zero-order chi connectivity index (χ0) is 15.0. The molecule has 0 radical (unpaired) electrons. The van der Waals surface area contributed by atoms with Gasteiger partial charge in [0.1, 0.15) is 0 Å². The van der Waals surface area contributed by atoms with E-state index in [4.69, 9.17) is 4.98 Å². The number of amides is 1. The molecule has 2 heterocycles. The van der Waals surface area contributed by atoms with Gasteiger partial charge < -0.3 is 10.6 Å². The van der Waals surface area contributed by atoms with Crippen molar-refractivity contribution in [3.05, 3.63) is 10.6 Å². The van der Waals surface area contributed by atoms with Crippen LogP contribution in [0, 0.1) is 11.3 Å². The number of thiazole rings is 1. The molecule has 5 heteroatoms. The third-order valence-electron chi connectivity index (χ3n) is 5.68. The van der Waals surface area contributed by atoms with Crippen molar-refractivity contribution in [2.45, 2.75) is 57.8 Å². The molecule has 1 aromatic heterocycles. The lowest BCUT2D eigenvalue weighted by Gasteiger charge is -2.22. The molecule has 0 aromatic carbocycles. The zero-order valence-electron chi connectivity index (χ0n) is 13.1. The Balaban J connectivity index is 1.41. The first-order valence-electron chi connectivity index (χ1n) is 8.77. The third-order valence-corrected chi connectivity index (χ3v) is 6.75. The normalized spacial score (nSPS) is 26.8. The van der Waals surface area contributed by atoms with Gasteiger partial charge in [-0.05, 0) is 63.5 Å².